The van der Waals surface area contributed by atoms with Crippen LogP contribution < -0.4 is 20.4 Å². The molecule has 0 fully saturated rings. The van der Waals surface area contributed by atoms with Gasteiger partial charge in [-0.05, 0) is 23.8 Å². The molecule has 29 heavy (non-hydrogen) atoms. The van der Waals surface area contributed by atoms with Gasteiger partial charge in [-0.1, -0.05) is 35.3 Å². The molecule has 0 aliphatic rings. The topological polar surface area (TPSA) is 109 Å². The first-order chi connectivity index (χ1) is 13.9. The smallest absolute Gasteiger partial charge is 0.271 e. The highest BCUT2D eigenvalue weighted by atomic mass is 35.5. The molecule has 0 saturated carbocycles. The number of rotatable bonds is 7. The fourth-order valence-corrected chi connectivity index (χ4v) is 2.84. The molecule has 3 N–H and O–H groups in total. The molecule has 0 spiro atoms. The van der Waals surface area contributed by atoms with Gasteiger partial charge in [-0.2, -0.15) is 5.10 Å². The fourth-order valence-electron chi connectivity index (χ4n) is 2.23. The predicted molar refractivity (Wildman–Crippen MR) is 110 cm³/mol. The molecule has 0 heterocycles. The van der Waals surface area contributed by atoms with Crippen molar-refractivity contribution in [2.75, 3.05) is 14.2 Å². The summed E-state index contributed by atoms with van der Waals surface area (Å²) in [5.41, 5.74) is 5.22. The standard InChI is InChI=1S/C19H17Cl2N3O5/c1-28-15-9-14(20)13(17(21)18(15)29-2)10-22-23-19(26)12-6-3-11(4-7-12)5-8-16(25)24-27/h3-10,27H,1-2H3,(H,23,26)(H,24,25)/b8-5+,22-10+. The highest BCUT2D eigenvalue weighted by Gasteiger charge is 2.16. The van der Waals surface area contributed by atoms with E-state index < -0.39 is 11.8 Å². The maximum Gasteiger partial charge on any atom is 0.271 e. The maximum atomic E-state index is 12.2. The van der Waals surface area contributed by atoms with E-state index in [-0.39, 0.29) is 10.0 Å². The van der Waals surface area contributed by atoms with Crippen LogP contribution in [-0.2, 0) is 4.79 Å². The number of nitrogens with zero attached hydrogens (tertiary/aromatic N) is 1. The first-order valence-corrected chi connectivity index (χ1v) is 8.82. The number of hydrogen-bond donors (Lipinski definition) is 3. The Morgan fingerprint density at radius 1 is 1.14 bits per heavy atom. The Balaban J connectivity index is 2.10. The number of amides is 2. The molecule has 0 aliphatic heterocycles. The third kappa shape index (κ3) is 5.71. The summed E-state index contributed by atoms with van der Waals surface area (Å²) in [5.74, 6) is -0.453. The normalized spacial score (nSPS) is 10.9. The van der Waals surface area contributed by atoms with Crippen LogP contribution >= 0.6 is 23.2 Å². The van der Waals surface area contributed by atoms with Gasteiger partial charge >= 0.3 is 0 Å². The van der Waals surface area contributed by atoms with Crippen molar-refractivity contribution in [3.8, 4) is 11.5 Å². The fraction of sp³-hybridized carbons (Fsp3) is 0.105. The van der Waals surface area contributed by atoms with Gasteiger partial charge in [0.1, 0.15) is 0 Å². The minimum Gasteiger partial charge on any atom is -0.493 e. The van der Waals surface area contributed by atoms with E-state index in [1.54, 1.807) is 24.3 Å². The minimum atomic E-state index is -0.659. The van der Waals surface area contributed by atoms with Crippen LogP contribution in [0, 0.1) is 0 Å². The zero-order chi connectivity index (χ0) is 21.4. The van der Waals surface area contributed by atoms with Gasteiger partial charge in [0.15, 0.2) is 11.5 Å². The predicted octanol–water partition coefficient (Wildman–Crippen LogP) is 3.29. The highest BCUT2D eigenvalue weighted by molar-refractivity contribution is 6.40. The second-order valence-electron chi connectivity index (χ2n) is 5.45. The molecule has 0 saturated heterocycles. The third-order valence-corrected chi connectivity index (χ3v) is 4.36. The molecule has 0 unspecified atom stereocenters. The number of halogens is 2. The Labute approximate surface area is 176 Å². The molecule has 0 aromatic heterocycles. The molecule has 152 valence electrons. The van der Waals surface area contributed by atoms with E-state index in [2.05, 4.69) is 10.5 Å². The first-order valence-electron chi connectivity index (χ1n) is 8.06. The van der Waals surface area contributed by atoms with Crippen LogP contribution in [0.1, 0.15) is 21.5 Å². The molecule has 2 aromatic carbocycles. The summed E-state index contributed by atoms with van der Waals surface area (Å²) in [7, 11) is 2.90. The monoisotopic (exact) mass is 437 g/mol. The second-order valence-corrected chi connectivity index (χ2v) is 6.24. The lowest BCUT2D eigenvalue weighted by Gasteiger charge is -2.12. The largest absolute Gasteiger partial charge is 0.493 e. The third-order valence-electron chi connectivity index (χ3n) is 3.67. The van der Waals surface area contributed by atoms with Crippen LogP contribution in [0.25, 0.3) is 6.08 Å². The molecule has 0 bridgehead atoms. The maximum absolute atomic E-state index is 12.2. The average molecular weight is 438 g/mol. The van der Waals surface area contributed by atoms with Crippen molar-refractivity contribution in [2.45, 2.75) is 0 Å². The molecule has 0 atom stereocenters. The molecule has 10 heteroatoms. The van der Waals surface area contributed by atoms with Crippen LogP contribution in [0.2, 0.25) is 10.0 Å². The van der Waals surface area contributed by atoms with Gasteiger partial charge in [0.05, 0.1) is 30.5 Å². The van der Waals surface area contributed by atoms with Crippen molar-refractivity contribution >= 4 is 47.3 Å². The van der Waals surface area contributed by atoms with Crippen LogP contribution in [0.5, 0.6) is 11.5 Å². The number of carbonyl (C=O) groups excluding carboxylic acids is 2. The van der Waals surface area contributed by atoms with E-state index in [0.717, 1.165) is 6.08 Å². The van der Waals surface area contributed by atoms with E-state index in [1.807, 2.05) is 0 Å². The van der Waals surface area contributed by atoms with Gasteiger partial charge in [0, 0.05) is 23.3 Å². The molecule has 2 aromatic rings. The summed E-state index contributed by atoms with van der Waals surface area (Å²) in [4.78, 5) is 23.2. The summed E-state index contributed by atoms with van der Waals surface area (Å²) >= 11 is 12.4. The van der Waals surface area contributed by atoms with Gasteiger partial charge in [-0.15, -0.1) is 0 Å². The van der Waals surface area contributed by atoms with E-state index in [9.17, 15) is 9.59 Å². The Morgan fingerprint density at radius 2 is 1.83 bits per heavy atom. The number of hydrazone groups is 1. The van der Waals surface area contributed by atoms with Crippen molar-refractivity contribution in [2.24, 2.45) is 5.10 Å². The lowest BCUT2D eigenvalue weighted by molar-refractivity contribution is -0.124. The number of hydrogen-bond acceptors (Lipinski definition) is 6. The average Bonchev–Trinajstić information content (AvgIpc) is 2.73. The van der Waals surface area contributed by atoms with Crippen molar-refractivity contribution in [1.29, 1.82) is 0 Å². The summed E-state index contributed by atoms with van der Waals surface area (Å²) in [6.07, 6.45) is 3.93. The Bertz CT molecular complexity index is 959. The van der Waals surface area contributed by atoms with E-state index in [0.29, 0.717) is 28.2 Å². The van der Waals surface area contributed by atoms with Crippen LogP contribution in [-0.4, -0.2) is 37.5 Å². The SMILES string of the molecule is COc1cc(Cl)c(/C=N/NC(=O)c2ccc(/C=C/C(=O)NO)cc2)c(Cl)c1OC. The lowest BCUT2D eigenvalue weighted by Crippen LogP contribution is -2.17. The van der Waals surface area contributed by atoms with Crippen molar-refractivity contribution < 1.29 is 24.3 Å². The van der Waals surface area contributed by atoms with Gasteiger partial charge in [0.2, 0.25) is 0 Å². The van der Waals surface area contributed by atoms with Gasteiger partial charge in [-0.3, -0.25) is 14.8 Å². The van der Waals surface area contributed by atoms with E-state index in [4.69, 9.17) is 37.9 Å². The lowest BCUT2D eigenvalue weighted by atomic mass is 10.1. The zero-order valence-electron chi connectivity index (χ0n) is 15.4. The number of methoxy groups -OCH3 is 2. The minimum absolute atomic E-state index is 0.193. The Morgan fingerprint density at radius 3 is 2.41 bits per heavy atom. The highest BCUT2D eigenvalue weighted by Crippen LogP contribution is 2.40. The number of nitrogens with one attached hydrogen (secondary N) is 2. The molecular weight excluding hydrogens is 421 g/mol. The van der Waals surface area contributed by atoms with Gasteiger partial charge in [-0.25, -0.2) is 10.9 Å². The van der Waals surface area contributed by atoms with Crippen molar-refractivity contribution in [3.63, 3.8) is 0 Å². The first kappa shape index (κ1) is 22.2. The quantitative estimate of drug-likeness (QED) is 0.266. The number of ether oxygens (including phenoxy) is 2. The molecule has 0 aliphatic carbocycles. The summed E-state index contributed by atoms with van der Waals surface area (Å²) in [6, 6.07) is 7.89. The number of carbonyl (C=O) groups is 2. The molecule has 0 radical (unpaired) electrons. The summed E-state index contributed by atoms with van der Waals surface area (Å²) < 4.78 is 10.4. The summed E-state index contributed by atoms with van der Waals surface area (Å²) in [5, 5.41) is 12.8. The number of hydroxylamine groups is 1. The molecule has 2 amide bonds. The van der Waals surface area contributed by atoms with E-state index >= 15 is 0 Å². The van der Waals surface area contributed by atoms with Crippen molar-refractivity contribution in [3.05, 3.63) is 63.1 Å². The number of benzene rings is 2. The van der Waals surface area contributed by atoms with Crippen LogP contribution in [0.3, 0.4) is 0 Å². The second kappa shape index (κ2) is 10.5. The molecule has 2 rings (SSSR count). The van der Waals surface area contributed by atoms with Crippen LogP contribution in [0.4, 0.5) is 0 Å². The summed E-state index contributed by atoms with van der Waals surface area (Å²) in [6.45, 7) is 0. The van der Waals surface area contributed by atoms with Gasteiger partial charge in [0.25, 0.3) is 11.8 Å². The van der Waals surface area contributed by atoms with Crippen LogP contribution in [0.15, 0.2) is 41.5 Å². The Hall–Kier alpha value is -3.07. The Kier molecular flexibility index (Phi) is 8.02. The van der Waals surface area contributed by atoms with Gasteiger partial charge < -0.3 is 9.47 Å². The molecule has 8 nitrogen and oxygen atoms in total. The van der Waals surface area contributed by atoms with Crippen molar-refractivity contribution in [1.82, 2.24) is 10.9 Å². The molecular formula is C19H17Cl2N3O5. The zero-order valence-corrected chi connectivity index (χ0v) is 16.9. The van der Waals surface area contributed by atoms with E-state index in [1.165, 1.54) is 38.1 Å².